The molecule has 1 saturated carbocycles. The summed E-state index contributed by atoms with van der Waals surface area (Å²) in [6, 6.07) is 5.96. The zero-order valence-corrected chi connectivity index (χ0v) is 14.3. The number of hydrogen-bond acceptors (Lipinski definition) is 3. The molecular formula is C17H30N2S. The van der Waals surface area contributed by atoms with E-state index in [1.165, 1.54) is 30.6 Å². The highest BCUT2D eigenvalue weighted by molar-refractivity contribution is 7.09. The Morgan fingerprint density at radius 2 is 2.15 bits per heavy atom. The summed E-state index contributed by atoms with van der Waals surface area (Å²) in [5, 5.41) is 5.91. The van der Waals surface area contributed by atoms with Crippen molar-refractivity contribution in [3.05, 3.63) is 22.4 Å². The van der Waals surface area contributed by atoms with Gasteiger partial charge in [0.25, 0.3) is 0 Å². The van der Waals surface area contributed by atoms with Crippen LogP contribution >= 0.6 is 11.3 Å². The van der Waals surface area contributed by atoms with E-state index in [4.69, 9.17) is 0 Å². The Hall–Kier alpha value is -0.380. The van der Waals surface area contributed by atoms with Gasteiger partial charge >= 0.3 is 0 Å². The second-order valence-corrected chi connectivity index (χ2v) is 8.09. The maximum absolute atomic E-state index is 3.71. The van der Waals surface area contributed by atoms with Crippen LogP contribution in [-0.2, 0) is 6.54 Å². The minimum absolute atomic E-state index is 0.212. The molecule has 20 heavy (non-hydrogen) atoms. The smallest absolute Gasteiger partial charge is 0.0334 e. The van der Waals surface area contributed by atoms with Gasteiger partial charge in [-0.15, -0.1) is 11.3 Å². The fraction of sp³-hybridized carbons (Fsp3) is 0.765. The molecule has 1 aliphatic carbocycles. The maximum atomic E-state index is 3.71. The van der Waals surface area contributed by atoms with Crippen LogP contribution in [0.1, 0.15) is 58.3 Å². The molecule has 0 radical (unpaired) electrons. The van der Waals surface area contributed by atoms with Crippen LogP contribution in [0.25, 0.3) is 0 Å². The monoisotopic (exact) mass is 294 g/mol. The van der Waals surface area contributed by atoms with Crippen molar-refractivity contribution in [3.8, 4) is 0 Å². The lowest BCUT2D eigenvalue weighted by Gasteiger charge is -2.34. The third-order valence-corrected chi connectivity index (χ3v) is 4.75. The van der Waals surface area contributed by atoms with Gasteiger partial charge in [0.1, 0.15) is 0 Å². The normalized spacial score (nSPS) is 17.6. The number of hydrogen-bond donors (Lipinski definition) is 1. The molecule has 1 fully saturated rings. The number of rotatable bonds is 8. The molecule has 0 saturated heterocycles. The molecule has 1 unspecified atom stereocenters. The standard InChI is InChI=1S/C17H30N2S/c1-5-7-15(12-18-17(2,3)4)19(14-9-10-14)13-16-8-6-11-20-16/h6,8,11,14-15,18H,5,7,9-10,12-13H2,1-4H3. The first-order valence-corrected chi connectivity index (χ1v) is 8.90. The Labute approximate surface area is 128 Å². The predicted octanol–water partition coefficient (Wildman–Crippen LogP) is 4.27. The average Bonchev–Trinajstić information content (AvgIpc) is 3.08. The van der Waals surface area contributed by atoms with Crippen molar-refractivity contribution in [2.75, 3.05) is 6.54 Å². The van der Waals surface area contributed by atoms with Crippen LogP contribution in [0.15, 0.2) is 17.5 Å². The quantitative estimate of drug-likeness (QED) is 0.770. The topological polar surface area (TPSA) is 15.3 Å². The number of thiophene rings is 1. The molecule has 0 aromatic carbocycles. The lowest BCUT2D eigenvalue weighted by atomic mass is 10.1. The summed E-state index contributed by atoms with van der Waals surface area (Å²) in [6.45, 7) is 11.3. The zero-order chi connectivity index (χ0) is 14.6. The van der Waals surface area contributed by atoms with Crippen molar-refractivity contribution in [2.24, 2.45) is 0 Å². The van der Waals surface area contributed by atoms with E-state index in [2.05, 4.69) is 55.4 Å². The summed E-state index contributed by atoms with van der Waals surface area (Å²) >= 11 is 1.89. The van der Waals surface area contributed by atoms with Crippen LogP contribution in [0.2, 0.25) is 0 Å². The van der Waals surface area contributed by atoms with Gasteiger partial charge in [0.15, 0.2) is 0 Å². The van der Waals surface area contributed by atoms with Crippen molar-refractivity contribution >= 4 is 11.3 Å². The molecule has 2 rings (SSSR count). The van der Waals surface area contributed by atoms with Gasteiger partial charge in [-0.3, -0.25) is 4.90 Å². The third-order valence-electron chi connectivity index (χ3n) is 3.89. The Balaban J connectivity index is 1.98. The van der Waals surface area contributed by atoms with Gasteiger partial charge in [-0.2, -0.15) is 0 Å². The lowest BCUT2D eigenvalue weighted by Crippen LogP contribution is -2.48. The fourth-order valence-electron chi connectivity index (χ4n) is 2.69. The molecule has 114 valence electrons. The summed E-state index contributed by atoms with van der Waals surface area (Å²) in [5.74, 6) is 0. The Morgan fingerprint density at radius 3 is 2.65 bits per heavy atom. The van der Waals surface area contributed by atoms with Crippen LogP contribution in [-0.4, -0.2) is 29.1 Å². The van der Waals surface area contributed by atoms with Gasteiger partial charge in [-0.1, -0.05) is 19.4 Å². The Bertz CT molecular complexity index is 376. The van der Waals surface area contributed by atoms with Crippen LogP contribution in [0, 0.1) is 0 Å². The third kappa shape index (κ3) is 5.19. The summed E-state index contributed by atoms with van der Waals surface area (Å²) in [5.41, 5.74) is 0.212. The average molecular weight is 295 g/mol. The molecule has 0 aliphatic heterocycles. The highest BCUT2D eigenvalue weighted by Crippen LogP contribution is 2.32. The summed E-state index contributed by atoms with van der Waals surface area (Å²) < 4.78 is 0. The zero-order valence-electron chi connectivity index (χ0n) is 13.5. The first-order chi connectivity index (χ1) is 9.49. The number of nitrogens with one attached hydrogen (secondary N) is 1. The van der Waals surface area contributed by atoms with E-state index in [9.17, 15) is 0 Å². The first kappa shape index (κ1) is 16.0. The van der Waals surface area contributed by atoms with Crippen LogP contribution in [0.3, 0.4) is 0 Å². The molecule has 0 amide bonds. The largest absolute Gasteiger partial charge is 0.311 e. The van der Waals surface area contributed by atoms with Crippen molar-refractivity contribution in [2.45, 2.75) is 77.5 Å². The minimum Gasteiger partial charge on any atom is -0.311 e. The highest BCUT2D eigenvalue weighted by atomic mass is 32.1. The molecule has 1 aromatic rings. The second kappa shape index (κ2) is 7.06. The van der Waals surface area contributed by atoms with Crippen molar-refractivity contribution in [1.29, 1.82) is 0 Å². The molecular weight excluding hydrogens is 264 g/mol. The van der Waals surface area contributed by atoms with Gasteiger partial charge in [-0.25, -0.2) is 0 Å². The molecule has 0 bridgehead atoms. The SMILES string of the molecule is CCCC(CNC(C)(C)C)N(Cc1cccs1)C1CC1. The van der Waals surface area contributed by atoms with E-state index in [0.717, 1.165) is 19.1 Å². The highest BCUT2D eigenvalue weighted by Gasteiger charge is 2.34. The summed E-state index contributed by atoms with van der Waals surface area (Å²) in [4.78, 5) is 4.27. The molecule has 1 aliphatic rings. The number of nitrogens with zero attached hydrogens (tertiary/aromatic N) is 1. The second-order valence-electron chi connectivity index (χ2n) is 7.06. The van der Waals surface area contributed by atoms with Gasteiger partial charge in [0.2, 0.25) is 0 Å². The summed E-state index contributed by atoms with van der Waals surface area (Å²) in [7, 11) is 0. The molecule has 3 heteroatoms. The van der Waals surface area contributed by atoms with Crippen LogP contribution in [0.4, 0.5) is 0 Å². The van der Waals surface area contributed by atoms with Gasteiger partial charge < -0.3 is 5.32 Å². The fourth-order valence-corrected chi connectivity index (χ4v) is 3.40. The van der Waals surface area contributed by atoms with Gasteiger partial charge in [0.05, 0.1) is 0 Å². The van der Waals surface area contributed by atoms with Crippen molar-refractivity contribution in [1.82, 2.24) is 10.2 Å². The van der Waals surface area contributed by atoms with E-state index in [-0.39, 0.29) is 5.54 Å². The lowest BCUT2D eigenvalue weighted by molar-refractivity contribution is 0.156. The Morgan fingerprint density at radius 1 is 1.40 bits per heavy atom. The van der Waals surface area contributed by atoms with Gasteiger partial charge in [-0.05, 0) is 51.5 Å². The van der Waals surface area contributed by atoms with Crippen molar-refractivity contribution < 1.29 is 0 Å². The van der Waals surface area contributed by atoms with Gasteiger partial charge in [0, 0.05) is 35.6 Å². The Kier molecular flexibility index (Phi) is 5.65. The molecule has 1 atom stereocenters. The molecule has 1 aromatic heterocycles. The maximum Gasteiger partial charge on any atom is 0.0334 e. The van der Waals surface area contributed by atoms with E-state index >= 15 is 0 Å². The minimum atomic E-state index is 0.212. The van der Waals surface area contributed by atoms with Crippen molar-refractivity contribution in [3.63, 3.8) is 0 Å². The molecule has 0 spiro atoms. The van der Waals surface area contributed by atoms with Crippen LogP contribution < -0.4 is 5.32 Å². The molecule has 2 nitrogen and oxygen atoms in total. The molecule has 1 heterocycles. The first-order valence-electron chi connectivity index (χ1n) is 8.03. The van der Waals surface area contributed by atoms with E-state index in [0.29, 0.717) is 6.04 Å². The van der Waals surface area contributed by atoms with Crippen LogP contribution in [0.5, 0.6) is 0 Å². The molecule has 1 N–H and O–H groups in total. The summed E-state index contributed by atoms with van der Waals surface area (Å²) in [6.07, 6.45) is 5.34. The van der Waals surface area contributed by atoms with E-state index in [1.54, 1.807) is 0 Å². The predicted molar refractivity (Wildman–Crippen MR) is 89.3 cm³/mol. The van der Waals surface area contributed by atoms with E-state index < -0.39 is 0 Å². The van der Waals surface area contributed by atoms with E-state index in [1.807, 2.05) is 11.3 Å².